The Kier molecular flexibility index (Phi) is 3.23. The highest BCUT2D eigenvalue weighted by Crippen LogP contribution is 2.25. The number of ether oxygens (including phenoxy) is 1. The van der Waals surface area contributed by atoms with E-state index in [-0.39, 0.29) is 6.10 Å². The van der Waals surface area contributed by atoms with E-state index in [1.54, 1.807) is 6.92 Å². The lowest BCUT2D eigenvalue weighted by Crippen LogP contribution is -2.39. The van der Waals surface area contributed by atoms with Crippen LogP contribution in [0.3, 0.4) is 0 Å². The molecule has 1 aliphatic rings. The molecule has 6 nitrogen and oxygen atoms in total. The number of aryl methyl sites for hydroxylation is 1. The maximum absolute atomic E-state index is 5.76. The highest BCUT2D eigenvalue weighted by molar-refractivity contribution is 5.80. The van der Waals surface area contributed by atoms with Crippen LogP contribution in [0.1, 0.15) is 17.8 Å². The van der Waals surface area contributed by atoms with Gasteiger partial charge in [0.15, 0.2) is 0 Å². The fraction of sp³-hybridized carbons (Fsp3) is 0.312. The fourth-order valence-corrected chi connectivity index (χ4v) is 2.69. The summed E-state index contributed by atoms with van der Waals surface area (Å²) in [5.41, 5.74) is 0.999. The summed E-state index contributed by atoms with van der Waals surface area (Å²) in [6, 6.07) is 12.3. The molecule has 3 heterocycles. The second-order valence-corrected chi connectivity index (χ2v) is 5.34. The van der Waals surface area contributed by atoms with E-state index in [1.807, 2.05) is 24.3 Å². The van der Waals surface area contributed by atoms with Crippen LogP contribution in [0.4, 0.5) is 5.82 Å². The number of morpholine rings is 1. The fourth-order valence-electron chi connectivity index (χ4n) is 2.69. The van der Waals surface area contributed by atoms with Crippen molar-refractivity contribution in [2.45, 2.75) is 13.0 Å². The molecule has 22 heavy (non-hydrogen) atoms. The van der Waals surface area contributed by atoms with Crippen molar-refractivity contribution in [2.75, 3.05) is 24.6 Å². The van der Waals surface area contributed by atoms with Gasteiger partial charge in [-0.15, -0.1) is 0 Å². The van der Waals surface area contributed by atoms with Crippen molar-refractivity contribution in [3.05, 3.63) is 48.1 Å². The monoisotopic (exact) mass is 296 g/mol. The van der Waals surface area contributed by atoms with E-state index in [9.17, 15) is 0 Å². The quantitative estimate of drug-likeness (QED) is 0.724. The first-order valence-corrected chi connectivity index (χ1v) is 7.32. The average molecular weight is 296 g/mol. The van der Waals surface area contributed by atoms with Crippen molar-refractivity contribution in [1.82, 2.24) is 15.1 Å². The van der Waals surface area contributed by atoms with Crippen molar-refractivity contribution in [3.63, 3.8) is 0 Å². The number of hydrogen-bond donors (Lipinski definition) is 0. The Morgan fingerprint density at radius 1 is 1.14 bits per heavy atom. The van der Waals surface area contributed by atoms with E-state index in [0.29, 0.717) is 24.9 Å². The summed E-state index contributed by atoms with van der Waals surface area (Å²) in [5.74, 6) is 2.11. The van der Waals surface area contributed by atoms with Gasteiger partial charge < -0.3 is 14.2 Å². The zero-order valence-corrected chi connectivity index (χ0v) is 12.3. The molecule has 0 bridgehead atoms. The Labute approximate surface area is 127 Å². The first-order valence-electron chi connectivity index (χ1n) is 7.32. The van der Waals surface area contributed by atoms with Gasteiger partial charge in [-0.2, -0.15) is 4.98 Å². The van der Waals surface area contributed by atoms with Crippen LogP contribution in [0.15, 0.2) is 40.9 Å². The maximum Gasteiger partial charge on any atom is 0.223 e. The summed E-state index contributed by atoms with van der Waals surface area (Å²) >= 11 is 0. The number of benzene rings is 1. The van der Waals surface area contributed by atoms with Gasteiger partial charge in [-0.3, -0.25) is 0 Å². The molecule has 0 radical (unpaired) electrons. The standard InChI is InChI=1S/C16H16N4O2/c1-11-17-16(19-22-11)14-10-20(8-9-21-14)15-7-6-12-4-2-3-5-13(12)18-15/h2-7,14H,8-10H2,1H3/t14-/m0/s1. The van der Waals surface area contributed by atoms with Crippen LogP contribution >= 0.6 is 0 Å². The van der Waals surface area contributed by atoms with Crippen molar-refractivity contribution >= 4 is 16.7 Å². The summed E-state index contributed by atoms with van der Waals surface area (Å²) in [6.07, 6.45) is -0.181. The molecule has 1 aliphatic heterocycles. The van der Waals surface area contributed by atoms with E-state index in [2.05, 4.69) is 27.2 Å². The van der Waals surface area contributed by atoms with Gasteiger partial charge >= 0.3 is 0 Å². The minimum absolute atomic E-state index is 0.181. The van der Waals surface area contributed by atoms with Gasteiger partial charge in [-0.1, -0.05) is 23.4 Å². The first kappa shape index (κ1) is 13.2. The first-order chi connectivity index (χ1) is 10.8. The van der Waals surface area contributed by atoms with Crippen LogP contribution in [-0.2, 0) is 4.74 Å². The van der Waals surface area contributed by atoms with E-state index in [4.69, 9.17) is 14.2 Å². The normalized spacial score (nSPS) is 18.8. The second kappa shape index (κ2) is 5.38. The Hall–Kier alpha value is -2.47. The minimum Gasteiger partial charge on any atom is -0.366 e. The van der Waals surface area contributed by atoms with Gasteiger partial charge in [0, 0.05) is 18.9 Å². The van der Waals surface area contributed by atoms with Crippen molar-refractivity contribution in [1.29, 1.82) is 0 Å². The average Bonchev–Trinajstić information content (AvgIpc) is 3.01. The third-order valence-corrected chi connectivity index (χ3v) is 3.81. The van der Waals surface area contributed by atoms with Gasteiger partial charge in [-0.25, -0.2) is 4.98 Å². The number of fused-ring (bicyclic) bond motifs is 1. The second-order valence-electron chi connectivity index (χ2n) is 5.34. The third kappa shape index (κ3) is 2.42. The molecule has 0 aliphatic carbocycles. The molecule has 1 atom stereocenters. The molecular weight excluding hydrogens is 280 g/mol. The smallest absolute Gasteiger partial charge is 0.223 e. The molecule has 0 unspecified atom stereocenters. The summed E-state index contributed by atoms with van der Waals surface area (Å²) in [7, 11) is 0. The zero-order valence-electron chi connectivity index (χ0n) is 12.3. The predicted molar refractivity (Wildman–Crippen MR) is 81.7 cm³/mol. The molecule has 1 fully saturated rings. The highest BCUT2D eigenvalue weighted by Gasteiger charge is 2.26. The lowest BCUT2D eigenvalue weighted by atomic mass is 10.2. The van der Waals surface area contributed by atoms with E-state index in [0.717, 1.165) is 23.3 Å². The Morgan fingerprint density at radius 3 is 2.91 bits per heavy atom. The lowest BCUT2D eigenvalue weighted by Gasteiger charge is -2.32. The van der Waals surface area contributed by atoms with E-state index in [1.165, 1.54) is 0 Å². The predicted octanol–water partition coefficient (Wildman–Crippen LogP) is 2.50. The number of hydrogen-bond acceptors (Lipinski definition) is 6. The van der Waals surface area contributed by atoms with Crippen molar-refractivity contribution < 1.29 is 9.26 Å². The number of pyridine rings is 1. The van der Waals surface area contributed by atoms with Crippen LogP contribution in [0, 0.1) is 6.92 Å². The largest absolute Gasteiger partial charge is 0.366 e. The summed E-state index contributed by atoms with van der Waals surface area (Å²) < 4.78 is 10.8. The van der Waals surface area contributed by atoms with Crippen molar-refractivity contribution in [3.8, 4) is 0 Å². The summed E-state index contributed by atoms with van der Waals surface area (Å²) in [5, 5.41) is 5.10. The number of para-hydroxylation sites is 1. The third-order valence-electron chi connectivity index (χ3n) is 3.81. The molecule has 0 saturated carbocycles. The molecule has 4 rings (SSSR count). The van der Waals surface area contributed by atoms with Crippen LogP contribution < -0.4 is 4.90 Å². The Balaban J connectivity index is 1.60. The van der Waals surface area contributed by atoms with Gasteiger partial charge in [0.05, 0.1) is 18.7 Å². The molecule has 112 valence electrons. The van der Waals surface area contributed by atoms with Crippen LogP contribution in [0.5, 0.6) is 0 Å². The number of rotatable bonds is 2. The van der Waals surface area contributed by atoms with Crippen molar-refractivity contribution in [2.24, 2.45) is 0 Å². The van der Waals surface area contributed by atoms with Gasteiger partial charge in [0.25, 0.3) is 0 Å². The maximum atomic E-state index is 5.76. The Morgan fingerprint density at radius 2 is 2.05 bits per heavy atom. The molecule has 0 N–H and O–H groups in total. The molecular formula is C16H16N4O2. The molecule has 6 heteroatoms. The number of nitrogens with zero attached hydrogens (tertiary/aromatic N) is 4. The molecule has 2 aromatic heterocycles. The van der Waals surface area contributed by atoms with E-state index < -0.39 is 0 Å². The van der Waals surface area contributed by atoms with Gasteiger partial charge in [0.1, 0.15) is 11.9 Å². The Bertz CT molecular complexity index is 801. The van der Waals surface area contributed by atoms with Crippen LogP contribution in [-0.4, -0.2) is 34.8 Å². The summed E-state index contributed by atoms with van der Waals surface area (Å²) in [6.45, 7) is 3.87. The molecule has 0 amide bonds. The number of anilines is 1. The minimum atomic E-state index is -0.181. The molecule has 1 saturated heterocycles. The topological polar surface area (TPSA) is 64.3 Å². The molecule has 1 aromatic carbocycles. The van der Waals surface area contributed by atoms with Crippen LogP contribution in [0.2, 0.25) is 0 Å². The van der Waals surface area contributed by atoms with Crippen LogP contribution in [0.25, 0.3) is 10.9 Å². The zero-order chi connectivity index (χ0) is 14.9. The highest BCUT2D eigenvalue weighted by atomic mass is 16.5. The molecule has 0 spiro atoms. The lowest BCUT2D eigenvalue weighted by molar-refractivity contribution is 0.0324. The van der Waals surface area contributed by atoms with E-state index >= 15 is 0 Å². The van der Waals surface area contributed by atoms with Gasteiger partial charge in [-0.05, 0) is 18.2 Å². The summed E-state index contributed by atoms with van der Waals surface area (Å²) in [4.78, 5) is 11.2. The van der Waals surface area contributed by atoms with Gasteiger partial charge in [0.2, 0.25) is 11.7 Å². The SMILES string of the molecule is Cc1nc([C@@H]2CN(c3ccc4ccccc4n3)CCO2)no1. The number of aromatic nitrogens is 3. The molecule has 3 aromatic rings.